The maximum absolute atomic E-state index is 12.4. The van der Waals surface area contributed by atoms with Gasteiger partial charge in [-0.3, -0.25) is 0 Å². The van der Waals surface area contributed by atoms with E-state index >= 15 is 0 Å². The number of anilines is 1. The molecule has 1 unspecified atom stereocenters. The van der Waals surface area contributed by atoms with E-state index in [0.29, 0.717) is 17.9 Å². The molecule has 3 heterocycles. The van der Waals surface area contributed by atoms with Crippen LogP contribution in [-0.4, -0.2) is 44.3 Å². The van der Waals surface area contributed by atoms with Gasteiger partial charge in [0.25, 0.3) is 0 Å². The summed E-state index contributed by atoms with van der Waals surface area (Å²) >= 11 is 0. The van der Waals surface area contributed by atoms with Gasteiger partial charge in [-0.25, -0.2) is 14.3 Å². The molecule has 0 aliphatic carbocycles. The molecule has 0 spiro atoms. The van der Waals surface area contributed by atoms with Gasteiger partial charge in [0.1, 0.15) is 11.3 Å². The SMILES string of the molecule is Cc1nn2c(C3CCCN(C(=O)OC(C)(C)C)C3)ccnc2c1N. The zero-order valence-corrected chi connectivity index (χ0v) is 14.7. The van der Waals surface area contributed by atoms with Crippen LogP contribution >= 0.6 is 0 Å². The Morgan fingerprint density at radius 1 is 1.42 bits per heavy atom. The molecule has 2 aromatic rings. The highest BCUT2D eigenvalue weighted by Crippen LogP contribution is 2.29. The van der Waals surface area contributed by atoms with Crippen molar-refractivity contribution in [2.24, 2.45) is 0 Å². The number of amides is 1. The third-order valence-electron chi connectivity index (χ3n) is 4.26. The number of aromatic nitrogens is 3. The molecule has 0 saturated carbocycles. The lowest BCUT2D eigenvalue weighted by Gasteiger charge is -2.34. The fourth-order valence-electron chi connectivity index (χ4n) is 3.11. The summed E-state index contributed by atoms with van der Waals surface area (Å²) in [6.07, 6.45) is 3.43. The number of carbonyl (C=O) groups excluding carboxylic acids is 1. The van der Waals surface area contributed by atoms with E-state index in [1.54, 1.807) is 11.1 Å². The highest BCUT2D eigenvalue weighted by molar-refractivity contribution is 5.69. The standard InChI is InChI=1S/C17H25N5O2/c1-11-14(18)15-19-8-7-13(22(15)20-11)12-6-5-9-21(10-12)16(23)24-17(2,3)4/h7-8,12H,5-6,9-10,18H2,1-4H3. The molecule has 1 aliphatic heterocycles. The summed E-state index contributed by atoms with van der Waals surface area (Å²) in [4.78, 5) is 18.5. The number of fused-ring (bicyclic) bond motifs is 1. The number of aryl methyl sites for hydroxylation is 1. The second kappa shape index (κ2) is 5.96. The Morgan fingerprint density at radius 3 is 2.88 bits per heavy atom. The van der Waals surface area contributed by atoms with Gasteiger partial charge in [-0.05, 0) is 46.6 Å². The van der Waals surface area contributed by atoms with E-state index in [-0.39, 0.29) is 12.0 Å². The maximum atomic E-state index is 12.4. The molecule has 1 saturated heterocycles. The Hall–Kier alpha value is -2.31. The largest absolute Gasteiger partial charge is 0.444 e. The predicted octanol–water partition coefficient (Wildman–Crippen LogP) is 2.73. The Morgan fingerprint density at radius 2 is 2.17 bits per heavy atom. The molecular weight excluding hydrogens is 306 g/mol. The average molecular weight is 331 g/mol. The van der Waals surface area contributed by atoms with Crippen molar-refractivity contribution in [3.05, 3.63) is 23.7 Å². The summed E-state index contributed by atoms with van der Waals surface area (Å²) in [5.41, 5.74) is 8.66. The molecule has 1 fully saturated rings. The molecule has 0 radical (unpaired) electrons. The molecule has 7 heteroatoms. The summed E-state index contributed by atoms with van der Waals surface area (Å²) in [5, 5.41) is 4.51. The number of carbonyl (C=O) groups is 1. The maximum Gasteiger partial charge on any atom is 0.410 e. The van der Waals surface area contributed by atoms with Crippen molar-refractivity contribution in [1.82, 2.24) is 19.5 Å². The molecule has 1 aliphatic rings. The molecule has 0 bridgehead atoms. The molecular formula is C17H25N5O2. The summed E-state index contributed by atoms with van der Waals surface area (Å²) in [5.74, 6) is 0.190. The first-order valence-electron chi connectivity index (χ1n) is 8.34. The highest BCUT2D eigenvalue weighted by atomic mass is 16.6. The molecule has 3 rings (SSSR count). The quantitative estimate of drug-likeness (QED) is 0.868. The van der Waals surface area contributed by atoms with Crippen molar-refractivity contribution in [2.45, 2.75) is 52.1 Å². The van der Waals surface area contributed by atoms with E-state index in [0.717, 1.165) is 30.8 Å². The van der Waals surface area contributed by atoms with E-state index in [4.69, 9.17) is 10.5 Å². The van der Waals surface area contributed by atoms with Crippen LogP contribution in [0.5, 0.6) is 0 Å². The number of hydrogen-bond donors (Lipinski definition) is 1. The van der Waals surface area contributed by atoms with E-state index in [1.807, 2.05) is 38.3 Å². The van der Waals surface area contributed by atoms with Gasteiger partial charge in [0.05, 0.1) is 11.4 Å². The fourth-order valence-corrected chi connectivity index (χ4v) is 3.11. The van der Waals surface area contributed by atoms with Crippen LogP contribution in [0.2, 0.25) is 0 Å². The predicted molar refractivity (Wildman–Crippen MR) is 91.9 cm³/mol. The van der Waals surface area contributed by atoms with Crippen LogP contribution in [0.25, 0.3) is 5.65 Å². The number of nitrogens with zero attached hydrogens (tertiary/aromatic N) is 4. The Bertz CT molecular complexity index is 762. The molecule has 7 nitrogen and oxygen atoms in total. The first-order valence-corrected chi connectivity index (χ1v) is 8.34. The lowest BCUT2D eigenvalue weighted by atomic mass is 9.95. The van der Waals surface area contributed by atoms with Crippen LogP contribution in [0.4, 0.5) is 10.5 Å². The Labute approximate surface area is 141 Å². The van der Waals surface area contributed by atoms with Gasteiger partial charge >= 0.3 is 6.09 Å². The minimum absolute atomic E-state index is 0.190. The lowest BCUT2D eigenvalue weighted by molar-refractivity contribution is 0.0196. The van der Waals surface area contributed by atoms with E-state index in [9.17, 15) is 4.79 Å². The minimum atomic E-state index is -0.485. The van der Waals surface area contributed by atoms with Crippen LogP contribution in [-0.2, 0) is 4.74 Å². The van der Waals surface area contributed by atoms with Crippen LogP contribution in [0.15, 0.2) is 12.3 Å². The molecule has 0 aromatic carbocycles. The third kappa shape index (κ3) is 3.16. The summed E-state index contributed by atoms with van der Waals surface area (Å²) in [7, 11) is 0. The lowest BCUT2D eigenvalue weighted by Crippen LogP contribution is -2.42. The summed E-state index contributed by atoms with van der Waals surface area (Å²) in [6.45, 7) is 8.87. The number of rotatable bonds is 1. The van der Waals surface area contributed by atoms with Gasteiger partial charge in [0, 0.05) is 25.2 Å². The first kappa shape index (κ1) is 16.5. The van der Waals surface area contributed by atoms with Crippen molar-refractivity contribution in [3.8, 4) is 0 Å². The average Bonchev–Trinajstić information content (AvgIpc) is 2.81. The fraction of sp³-hybridized carbons (Fsp3) is 0.588. The number of nitrogens with two attached hydrogens (primary N) is 1. The molecule has 2 aromatic heterocycles. The summed E-state index contributed by atoms with van der Waals surface area (Å²) < 4.78 is 7.32. The van der Waals surface area contributed by atoms with E-state index in [2.05, 4.69) is 10.1 Å². The van der Waals surface area contributed by atoms with E-state index < -0.39 is 5.60 Å². The highest BCUT2D eigenvalue weighted by Gasteiger charge is 2.29. The van der Waals surface area contributed by atoms with Crippen LogP contribution in [0, 0.1) is 6.92 Å². The zero-order chi connectivity index (χ0) is 17.5. The molecule has 1 amide bonds. The van der Waals surface area contributed by atoms with Gasteiger partial charge in [0.2, 0.25) is 0 Å². The molecule has 24 heavy (non-hydrogen) atoms. The van der Waals surface area contributed by atoms with Gasteiger partial charge in [-0.15, -0.1) is 0 Å². The minimum Gasteiger partial charge on any atom is -0.444 e. The second-order valence-electron chi connectivity index (χ2n) is 7.37. The first-order chi connectivity index (χ1) is 11.3. The van der Waals surface area contributed by atoms with E-state index in [1.165, 1.54) is 0 Å². The number of likely N-dealkylation sites (tertiary alicyclic amines) is 1. The Kier molecular flexibility index (Phi) is 4.11. The molecule has 130 valence electrons. The van der Waals surface area contributed by atoms with Gasteiger partial charge in [-0.1, -0.05) is 0 Å². The van der Waals surface area contributed by atoms with Crippen molar-refractivity contribution in [1.29, 1.82) is 0 Å². The van der Waals surface area contributed by atoms with Gasteiger partial charge in [-0.2, -0.15) is 5.10 Å². The van der Waals surface area contributed by atoms with Crippen LogP contribution in [0.1, 0.15) is 50.9 Å². The smallest absolute Gasteiger partial charge is 0.410 e. The normalized spacial score (nSPS) is 18.8. The van der Waals surface area contributed by atoms with Crippen molar-refractivity contribution in [3.63, 3.8) is 0 Å². The van der Waals surface area contributed by atoms with Gasteiger partial charge < -0.3 is 15.4 Å². The number of nitrogen functional groups attached to an aromatic ring is 1. The van der Waals surface area contributed by atoms with Crippen molar-refractivity contribution >= 4 is 17.4 Å². The second-order valence-corrected chi connectivity index (χ2v) is 7.37. The Balaban J connectivity index is 1.85. The number of piperidine rings is 1. The van der Waals surface area contributed by atoms with Crippen molar-refractivity contribution < 1.29 is 9.53 Å². The van der Waals surface area contributed by atoms with Crippen molar-refractivity contribution in [2.75, 3.05) is 18.8 Å². The van der Waals surface area contributed by atoms with Crippen LogP contribution in [0.3, 0.4) is 0 Å². The third-order valence-corrected chi connectivity index (χ3v) is 4.26. The number of hydrogen-bond acceptors (Lipinski definition) is 5. The number of ether oxygens (including phenoxy) is 1. The topological polar surface area (TPSA) is 85.8 Å². The monoisotopic (exact) mass is 331 g/mol. The van der Waals surface area contributed by atoms with Crippen LogP contribution < -0.4 is 5.73 Å². The molecule has 1 atom stereocenters. The molecule has 2 N–H and O–H groups in total. The summed E-state index contributed by atoms with van der Waals surface area (Å²) in [6, 6.07) is 1.96. The zero-order valence-electron chi connectivity index (χ0n) is 14.7. The van der Waals surface area contributed by atoms with Gasteiger partial charge in [0.15, 0.2) is 5.65 Å².